The number of carbonyl (C=O) groups is 2. The van der Waals surface area contributed by atoms with E-state index in [0.717, 1.165) is 38.4 Å². The summed E-state index contributed by atoms with van der Waals surface area (Å²) in [5.41, 5.74) is 6.47. The van der Waals surface area contributed by atoms with E-state index in [2.05, 4.69) is 12.6 Å². The highest BCUT2D eigenvalue weighted by Gasteiger charge is 2.35. The lowest BCUT2D eigenvalue weighted by Crippen LogP contribution is -2.26. The van der Waals surface area contributed by atoms with Crippen LogP contribution in [0.2, 0.25) is 0 Å². The summed E-state index contributed by atoms with van der Waals surface area (Å²) in [5, 5.41) is 0. The number of benzene rings is 4. The number of methoxy groups -OCH3 is 1. The maximum Gasteiger partial charge on any atom is 0.337 e. The molecule has 4 nitrogen and oxygen atoms in total. The Morgan fingerprint density at radius 1 is 0.800 bits per heavy atom. The summed E-state index contributed by atoms with van der Waals surface area (Å²) >= 11 is 4.44. The average molecular weight is 478 g/mol. The van der Waals surface area contributed by atoms with Crippen molar-refractivity contribution in [3.63, 3.8) is 0 Å². The molecule has 0 N–H and O–H groups in total. The Kier molecular flexibility index (Phi) is 6.25. The first kappa shape index (κ1) is 22.7. The van der Waals surface area contributed by atoms with E-state index < -0.39 is 5.97 Å². The fourth-order valence-corrected chi connectivity index (χ4v) is 4.61. The van der Waals surface area contributed by atoms with Crippen molar-refractivity contribution in [1.82, 2.24) is 0 Å². The highest BCUT2D eigenvalue weighted by atomic mass is 32.1. The van der Waals surface area contributed by atoms with Crippen molar-refractivity contribution >= 4 is 41.3 Å². The smallest absolute Gasteiger partial charge is 0.337 e. The lowest BCUT2D eigenvalue weighted by atomic mass is 9.90. The number of para-hydroxylation sites is 1. The number of amides is 1. The van der Waals surface area contributed by atoms with Crippen LogP contribution < -0.4 is 4.90 Å². The predicted octanol–water partition coefficient (Wildman–Crippen LogP) is 6.27. The summed E-state index contributed by atoms with van der Waals surface area (Å²) in [6, 6.07) is 32.9. The number of rotatable bonds is 5. The molecule has 0 radical (unpaired) electrons. The molecule has 0 saturated carbocycles. The summed E-state index contributed by atoms with van der Waals surface area (Å²) in [5.74, 6) is -0.483. The minimum absolute atomic E-state index is 0.0801. The van der Waals surface area contributed by atoms with E-state index in [9.17, 15) is 9.59 Å². The van der Waals surface area contributed by atoms with Crippen molar-refractivity contribution in [2.24, 2.45) is 0 Å². The van der Waals surface area contributed by atoms with Gasteiger partial charge in [-0.2, -0.15) is 0 Å². The Morgan fingerprint density at radius 2 is 1.46 bits per heavy atom. The summed E-state index contributed by atoms with van der Waals surface area (Å²) in [6.07, 6.45) is 0. The number of anilines is 1. The Morgan fingerprint density at radius 3 is 2.20 bits per heavy atom. The SMILES string of the molecule is COC(=O)c1cccc(CN2C(=O)C(=C(c3ccccc3)c3ccc(S)cc3)c3ccccc32)c1. The Labute approximate surface area is 209 Å². The minimum atomic E-state index is -0.403. The van der Waals surface area contributed by atoms with E-state index in [1.54, 1.807) is 23.1 Å². The van der Waals surface area contributed by atoms with Crippen LogP contribution in [0.15, 0.2) is 108 Å². The van der Waals surface area contributed by atoms with Gasteiger partial charge in [-0.05, 0) is 47.0 Å². The molecule has 0 aliphatic carbocycles. The number of thiol groups is 1. The summed E-state index contributed by atoms with van der Waals surface area (Å²) in [6.45, 7) is 0.335. The summed E-state index contributed by atoms with van der Waals surface area (Å²) < 4.78 is 4.86. The molecular weight excluding hydrogens is 454 g/mol. The Balaban J connectivity index is 1.66. The number of hydrogen-bond acceptors (Lipinski definition) is 4. The molecule has 4 aromatic carbocycles. The second kappa shape index (κ2) is 9.65. The van der Waals surface area contributed by atoms with Gasteiger partial charge in [-0.1, -0.05) is 72.8 Å². The molecule has 5 heteroatoms. The zero-order valence-corrected chi connectivity index (χ0v) is 20.0. The third kappa shape index (κ3) is 4.38. The molecular formula is C30H23NO3S. The van der Waals surface area contributed by atoms with E-state index in [1.807, 2.05) is 84.9 Å². The molecule has 172 valence electrons. The molecule has 1 amide bonds. The van der Waals surface area contributed by atoms with Crippen molar-refractivity contribution < 1.29 is 14.3 Å². The largest absolute Gasteiger partial charge is 0.465 e. The molecule has 0 spiro atoms. The molecule has 0 aromatic heterocycles. The molecule has 1 heterocycles. The van der Waals surface area contributed by atoms with E-state index in [0.29, 0.717) is 17.7 Å². The first-order valence-electron chi connectivity index (χ1n) is 11.2. The third-order valence-corrected chi connectivity index (χ3v) is 6.38. The van der Waals surface area contributed by atoms with Crippen LogP contribution in [0.5, 0.6) is 0 Å². The Hall–Kier alpha value is -4.09. The Bertz CT molecular complexity index is 1440. The molecule has 0 bridgehead atoms. The molecule has 0 atom stereocenters. The van der Waals surface area contributed by atoms with Gasteiger partial charge in [-0.3, -0.25) is 4.79 Å². The van der Waals surface area contributed by atoms with E-state index in [-0.39, 0.29) is 5.91 Å². The topological polar surface area (TPSA) is 46.6 Å². The molecule has 5 rings (SSSR count). The van der Waals surface area contributed by atoms with Gasteiger partial charge in [0.05, 0.1) is 30.5 Å². The van der Waals surface area contributed by atoms with Gasteiger partial charge in [0.1, 0.15) is 0 Å². The molecule has 1 aliphatic heterocycles. The lowest BCUT2D eigenvalue weighted by Gasteiger charge is -2.18. The number of esters is 1. The van der Waals surface area contributed by atoms with Crippen molar-refractivity contribution in [2.45, 2.75) is 11.4 Å². The average Bonchev–Trinajstić information content (AvgIpc) is 3.17. The van der Waals surface area contributed by atoms with Gasteiger partial charge >= 0.3 is 5.97 Å². The van der Waals surface area contributed by atoms with Crippen molar-refractivity contribution in [3.8, 4) is 0 Å². The van der Waals surface area contributed by atoms with Gasteiger partial charge < -0.3 is 9.64 Å². The zero-order valence-electron chi connectivity index (χ0n) is 19.1. The van der Waals surface area contributed by atoms with Gasteiger partial charge in [-0.25, -0.2) is 4.79 Å². The number of hydrogen-bond donors (Lipinski definition) is 1. The van der Waals surface area contributed by atoms with Crippen LogP contribution in [0.4, 0.5) is 5.69 Å². The minimum Gasteiger partial charge on any atom is -0.465 e. The van der Waals surface area contributed by atoms with Crippen molar-refractivity contribution in [3.05, 3.63) is 131 Å². The van der Waals surface area contributed by atoms with Crippen LogP contribution in [0.25, 0.3) is 11.1 Å². The fraction of sp³-hybridized carbons (Fsp3) is 0.0667. The van der Waals surface area contributed by atoms with Gasteiger partial charge in [0, 0.05) is 16.0 Å². The molecule has 1 aliphatic rings. The number of fused-ring (bicyclic) bond motifs is 1. The van der Waals surface area contributed by atoms with E-state index in [1.165, 1.54) is 7.11 Å². The summed E-state index contributed by atoms with van der Waals surface area (Å²) in [4.78, 5) is 28.7. The monoisotopic (exact) mass is 477 g/mol. The molecule has 35 heavy (non-hydrogen) atoms. The second-order valence-electron chi connectivity index (χ2n) is 8.26. The fourth-order valence-electron chi connectivity index (χ4n) is 4.46. The quantitative estimate of drug-likeness (QED) is 0.209. The van der Waals surface area contributed by atoms with Crippen LogP contribution in [0, 0.1) is 0 Å². The third-order valence-electron chi connectivity index (χ3n) is 6.08. The standard InChI is InChI=1S/C30H23NO3S/c1-34-30(33)23-11-7-8-20(18-23)19-31-26-13-6-5-12-25(26)28(29(31)32)27(21-9-3-2-4-10-21)22-14-16-24(35)17-15-22/h2-18,35H,19H2,1H3. The van der Waals surface area contributed by atoms with Crippen LogP contribution in [0.1, 0.15) is 32.6 Å². The molecule has 0 saturated heterocycles. The first-order valence-corrected chi connectivity index (χ1v) is 11.7. The van der Waals surface area contributed by atoms with Crippen LogP contribution in [0.3, 0.4) is 0 Å². The van der Waals surface area contributed by atoms with Crippen LogP contribution in [-0.4, -0.2) is 19.0 Å². The predicted molar refractivity (Wildman–Crippen MR) is 141 cm³/mol. The highest BCUT2D eigenvalue weighted by molar-refractivity contribution is 7.80. The highest BCUT2D eigenvalue weighted by Crippen LogP contribution is 2.43. The van der Waals surface area contributed by atoms with Gasteiger partial charge in [-0.15, -0.1) is 12.6 Å². The van der Waals surface area contributed by atoms with E-state index in [4.69, 9.17) is 4.74 Å². The maximum atomic E-state index is 14.1. The normalized spacial score (nSPS) is 14.0. The number of ether oxygens (including phenoxy) is 1. The van der Waals surface area contributed by atoms with E-state index >= 15 is 0 Å². The molecule has 4 aromatic rings. The van der Waals surface area contributed by atoms with Gasteiger partial charge in [0.2, 0.25) is 0 Å². The van der Waals surface area contributed by atoms with Gasteiger partial charge in [0.15, 0.2) is 0 Å². The van der Waals surface area contributed by atoms with Gasteiger partial charge in [0.25, 0.3) is 5.91 Å². The lowest BCUT2D eigenvalue weighted by molar-refractivity contribution is -0.113. The van der Waals surface area contributed by atoms with Crippen molar-refractivity contribution in [1.29, 1.82) is 0 Å². The van der Waals surface area contributed by atoms with Crippen molar-refractivity contribution in [2.75, 3.05) is 12.0 Å². The first-order chi connectivity index (χ1) is 17.1. The number of nitrogens with zero attached hydrogens (tertiary/aromatic N) is 1. The maximum absolute atomic E-state index is 14.1. The molecule has 0 fully saturated rings. The zero-order chi connectivity index (χ0) is 24.4. The molecule has 0 unspecified atom stereocenters. The van der Waals surface area contributed by atoms with Crippen LogP contribution >= 0.6 is 12.6 Å². The summed E-state index contributed by atoms with van der Waals surface area (Å²) in [7, 11) is 1.36. The van der Waals surface area contributed by atoms with Crippen LogP contribution in [-0.2, 0) is 16.1 Å². The second-order valence-corrected chi connectivity index (χ2v) is 8.78. The number of carbonyl (C=O) groups excluding carboxylic acids is 2.